The summed E-state index contributed by atoms with van der Waals surface area (Å²) in [6, 6.07) is 2.92. The lowest BCUT2D eigenvalue weighted by Crippen LogP contribution is -2.21. The molecule has 18 heavy (non-hydrogen) atoms. The number of halogens is 2. The molecule has 0 aromatic heterocycles. The number of carbonyl (C=O) groups is 1. The predicted molar refractivity (Wildman–Crippen MR) is 73.8 cm³/mol. The smallest absolute Gasteiger partial charge is 0.336 e. The fourth-order valence-corrected chi connectivity index (χ4v) is 2.08. The fourth-order valence-electron chi connectivity index (χ4n) is 1.57. The van der Waals surface area contributed by atoms with Crippen LogP contribution in [-0.4, -0.2) is 24.7 Å². The first-order chi connectivity index (χ1) is 8.34. The van der Waals surface area contributed by atoms with E-state index in [9.17, 15) is 9.18 Å². The minimum Gasteiger partial charge on any atom is -0.478 e. The van der Waals surface area contributed by atoms with E-state index in [0.717, 1.165) is 13.0 Å². The van der Waals surface area contributed by atoms with Gasteiger partial charge in [0.15, 0.2) is 5.82 Å². The molecule has 5 heteroatoms. The number of aromatic carboxylic acids is 1. The molecule has 100 valence electrons. The fraction of sp³-hybridized carbons (Fsp3) is 0.462. The normalized spacial score (nSPS) is 10.8. The number of benzene rings is 1. The van der Waals surface area contributed by atoms with E-state index in [1.54, 1.807) is 11.9 Å². The van der Waals surface area contributed by atoms with Gasteiger partial charge in [-0.1, -0.05) is 13.8 Å². The summed E-state index contributed by atoms with van der Waals surface area (Å²) in [4.78, 5) is 12.7. The summed E-state index contributed by atoms with van der Waals surface area (Å²) >= 11 is 3.00. The molecule has 0 atom stereocenters. The Labute approximate surface area is 115 Å². The van der Waals surface area contributed by atoms with Crippen molar-refractivity contribution in [2.45, 2.75) is 20.3 Å². The molecule has 0 aliphatic rings. The lowest BCUT2D eigenvalue weighted by atomic mass is 10.1. The van der Waals surface area contributed by atoms with Gasteiger partial charge in [-0.15, -0.1) is 0 Å². The maximum absolute atomic E-state index is 14.0. The van der Waals surface area contributed by atoms with Crippen molar-refractivity contribution in [3.63, 3.8) is 0 Å². The van der Waals surface area contributed by atoms with E-state index < -0.39 is 11.8 Å². The van der Waals surface area contributed by atoms with E-state index >= 15 is 0 Å². The molecule has 0 unspecified atom stereocenters. The Morgan fingerprint density at radius 3 is 2.61 bits per heavy atom. The van der Waals surface area contributed by atoms with E-state index in [4.69, 9.17) is 5.11 Å². The van der Waals surface area contributed by atoms with Crippen molar-refractivity contribution in [3.8, 4) is 0 Å². The van der Waals surface area contributed by atoms with Gasteiger partial charge in [0.1, 0.15) is 0 Å². The van der Waals surface area contributed by atoms with Crippen molar-refractivity contribution in [1.29, 1.82) is 0 Å². The van der Waals surface area contributed by atoms with Crippen LogP contribution in [-0.2, 0) is 0 Å². The van der Waals surface area contributed by atoms with Crippen LogP contribution < -0.4 is 4.90 Å². The molecule has 0 saturated carbocycles. The maximum atomic E-state index is 14.0. The van der Waals surface area contributed by atoms with Gasteiger partial charge in [0.2, 0.25) is 0 Å². The van der Waals surface area contributed by atoms with Crippen molar-refractivity contribution in [3.05, 3.63) is 28.0 Å². The van der Waals surface area contributed by atoms with Gasteiger partial charge >= 0.3 is 5.97 Å². The van der Waals surface area contributed by atoms with Gasteiger partial charge in [-0.05, 0) is 40.4 Å². The molecule has 0 bridgehead atoms. The lowest BCUT2D eigenvalue weighted by Gasteiger charge is -2.21. The van der Waals surface area contributed by atoms with Gasteiger partial charge in [-0.25, -0.2) is 9.18 Å². The topological polar surface area (TPSA) is 40.5 Å². The Morgan fingerprint density at radius 1 is 1.50 bits per heavy atom. The van der Waals surface area contributed by atoms with Crippen molar-refractivity contribution in [2.75, 3.05) is 18.5 Å². The number of nitrogens with zero attached hydrogens (tertiary/aromatic N) is 1. The molecule has 0 spiro atoms. The number of anilines is 1. The molecular formula is C13H17BrFNO2. The second-order valence-electron chi connectivity index (χ2n) is 4.67. The molecule has 0 amide bonds. The SMILES string of the molecule is CC(C)CCN(C)c1ccc(C(=O)O)c(Br)c1F. The molecule has 0 aliphatic carbocycles. The van der Waals surface area contributed by atoms with Crippen LogP contribution in [0.4, 0.5) is 10.1 Å². The van der Waals surface area contributed by atoms with Crippen LogP contribution in [0.1, 0.15) is 30.6 Å². The van der Waals surface area contributed by atoms with E-state index in [1.165, 1.54) is 12.1 Å². The monoisotopic (exact) mass is 317 g/mol. The minimum absolute atomic E-state index is 0.00361. The van der Waals surface area contributed by atoms with Crippen molar-refractivity contribution >= 4 is 27.6 Å². The largest absolute Gasteiger partial charge is 0.478 e. The zero-order valence-electron chi connectivity index (χ0n) is 10.7. The van der Waals surface area contributed by atoms with E-state index in [2.05, 4.69) is 29.8 Å². The van der Waals surface area contributed by atoms with Crippen LogP contribution in [0.25, 0.3) is 0 Å². The standard InChI is InChI=1S/C13H17BrFNO2/c1-8(2)6-7-16(3)10-5-4-9(13(17)18)11(14)12(10)15/h4-5,8H,6-7H2,1-3H3,(H,17,18). The van der Waals surface area contributed by atoms with E-state index in [0.29, 0.717) is 11.6 Å². The molecule has 1 aromatic rings. The highest BCUT2D eigenvalue weighted by molar-refractivity contribution is 9.10. The first-order valence-electron chi connectivity index (χ1n) is 5.77. The molecule has 1 rings (SSSR count). The number of carboxylic acid groups (broad SMARTS) is 1. The summed E-state index contributed by atoms with van der Waals surface area (Å²) in [6.45, 7) is 4.94. The number of hydrogen-bond acceptors (Lipinski definition) is 2. The summed E-state index contributed by atoms with van der Waals surface area (Å²) < 4.78 is 14.0. The summed E-state index contributed by atoms with van der Waals surface area (Å²) in [5.74, 6) is -1.13. The van der Waals surface area contributed by atoms with Crippen LogP contribution in [0.2, 0.25) is 0 Å². The van der Waals surface area contributed by atoms with Gasteiger partial charge in [0, 0.05) is 13.6 Å². The maximum Gasteiger partial charge on any atom is 0.336 e. The number of carboxylic acids is 1. The highest BCUT2D eigenvalue weighted by Gasteiger charge is 2.17. The van der Waals surface area contributed by atoms with E-state index in [-0.39, 0.29) is 10.0 Å². The third-order valence-electron chi connectivity index (χ3n) is 2.75. The van der Waals surface area contributed by atoms with Crippen molar-refractivity contribution < 1.29 is 14.3 Å². The Hall–Kier alpha value is -1.10. The van der Waals surface area contributed by atoms with Gasteiger partial charge in [-0.3, -0.25) is 0 Å². The first-order valence-corrected chi connectivity index (χ1v) is 6.56. The highest BCUT2D eigenvalue weighted by Crippen LogP contribution is 2.29. The molecule has 0 saturated heterocycles. The Kier molecular flexibility index (Phi) is 5.14. The van der Waals surface area contributed by atoms with Crippen LogP contribution in [0.15, 0.2) is 16.6 Å². The second kappa shape index (κ2) is 6.18. The predicted octanol–water partition coefficient (Wildman–Crippen LogP) is 3.77. The summed E-state index contributed by atoms with van der Waals surface area (Å²) in [7, 11) is 1.80. The summed E-state index contributed by atoms with van der Waals surface area (Å²) in [5.41, 5.74) is 0.348. The van der Waals surface area contributed by atoms with Crippen LogP contribution in [0.5, 0.6) is 0 Å². The average Bonchev–Trinajstić information content (AvgIpc) is 2.29. The number of rotatable bonds is 5. The van der Waals surface area contributed by atoms with Crippen molar-refractivity contribution in [2.24, 2.45) is 5.92 Å². The van der Waals surface area contributed by atoms with Gasteiger partial charge in [0.25, 0.3) is 0 Å². The Balaban J connectivity index is 2.97. The summed E-state index contributed by atoms with van der Waals surface area (Å²) in [5, 5.41) is 8.89. The Morgan fingerprint density at radius 2 is 2.11 bits per heavy atom. The molecule has 0 radical (unpaired) electrons. The molecule has 0 aliphatic heterocycles. The zero-order valence-corrected chi connectivity index (χ0v) is 12.3. The molecule has 1 N–H and O–H groups in total. The molecular weight excluding hydrogens is 301 g/mol. The third kappa shape index (κ3) is 3.45. The van der Waals surface area contributed by atoms with Crippen LogP contribution in [0.3, 0.4) is 0 Å². The van der Waals surface area contributed by atoms with Gasteiger partial charge in [-0.2, -0.15) is 0 Å². The second-order valence-corrected chi connectivity index (χ2v) is 5.46. The Bertz CT molecular complexity index is 449. The molecule has 3 nitrogen and oxygen atoms in total. The van der Waals surface area contributed by atoms with E-state index in [1.807, 2.05) is 0 Å². The highest BCUT2D eigenvalue weighted by atomic mass is 79.9. The quantitative estimate of drug-likeness (QED) is 0.898. The van der Waals surface area contributed by atoms with Gasteiger partial charge < -0.3 is 10.0 Å². The molecule has 0 heterocycles. The molecule has 0 fully saturated rings. The first kappa shape index (κ1) is 15.0. The molecule has 1 aromatic carbocycles. The van der Waals surface area contributed by atoms with Crippen LogP contribution in [0, 0.1) is 11.7 Å². The van der Waals surface area contributed by atoms with Gasteiger partial charge in [0.05, 0.1) is 15.7 Å². The summed E-state index contributed by atoms with van der Waals surface area (Å²) in [6.07, 6.45) is 0.953. The zero-order chi connectivity index (χ0) is 13.9. The minimum atomic E-state index is -1.14. The third-order valence-corrected chi connectivity index (χ3v) is 3.52. The van der Waals surface area contributed by atoms with Crippen molar-refractivity contribution in [1.82, 2.24) is 0 Å². The average molecular weight is 318 g/mol. The lowest BCUT2D eigenvalue weighted by molar-refractivity contribution is 0.0695. The number of hydrogen-bond donors (Lipinski definition) is 1. The van der Waals surface area contributed by atoms with Crippen LogP contribution >= 0.6 is 15.9 Å².